The van der Waals surface area contributed by atoms with Gasteiger partial charge in [0.2, 0.25) is 0 Å². The average molecular weight is 866 g/mol. The molecular weight excluding hydrogens is 832 g/mol. The van der Waals surface area contributed by atoms with E-state index in [1.54, 1.807) is 0 Å². The molecule has 0 N–H and O–H groups in total. The molecule has 3 aliphatic carbocycles. The van der Waals surface area contributed by atoms with Crippen molar-refractivity contribution in [3.05, 3.63) is 197 Å². The second-order valence-corrected chi connectivity index (χ2v) is 17.6. The molecule has 260 valence electrons. The summed E-state index contributed by atoms with van der Waals surface area (Å²) in [5.41, 5.74) is 10.9. The molecule has 5 nitrogen and oxygen atoms in total. The van der Waals surface area contributed by atoms with Crippen LogP contribution in [0.25, 0.3) is 16.7 Å². The van der Waals surface area contributed by atoms with E-state index in [-0.39, 0.29) is 5.66 Å². The fourth-order valence-corrected chi connectivity index (χ4v) is 14.2. The van der Waals surface area contributed by atoms with Gasteiger partial charge in [-0.25, -0.2) is 0 Å². The van der Waals surface area contributed by atoms with Crippen LogP contribution >= 0.6 is 0 Å². The van der Waals surface area contributed by atoms with Crippen LogP contribution in [0.3, 0.4) is 0 Å². The van der Waals surface area contributed by atoms with E-state index in [0.717, 1.165) is 24.0 Å². The van der Waals surface area contributed by atoms with E-state index in [4.69, 9.17) is 4.74 Å². The first-order chi connectivity index (χ1) is 26.0. The third-order valence-electron chi connectivity index (χ3n) is 12.2. The average Bonchev–Trinajstić information content (AvgIpc) is 3.96. The molecule has 7 aliphatic rings. The van der Waals surface area contributed by atoms with Crippen LogP contribution in [0.4, 0.5) is 0 Å². The molecule has 2 spiro atoms. The number of ether oxygens (including phenoxy) is 1. The molecule has 0 fully saturated rings. The molecule has 4 aliphatic heterocycles. The molecule has 5 aromatic carbocycles. The Bertz CT molecular complexity index is 2630. The van der Waals surface area contributed by atoms with Gasteiger partial charge in [-0.3, -0.25) is 0 Å². The molecule has 6 heteroatoms. The summed E-state index contributed by atoms with van der Waals surface area (Å²) in [6.45, 7) is 4.72. The van der Waals surface area contributed by atoms with Gasteiger partial charge in [-0.2, -0.15) is 0 Å². The first kappa shape index (κ1) is 30.0. The molecule has 0 saturated heterocycles. The quantitative estimate of drug-likeness (QED) is 0.145. The Morgan fingerprint density at radius 3 is 1.70 bits per heavy atom. The van der Waals surface area contributed by atoms with Crippen molar-refractivity contribution in [1.29, 1.82) is 0 Å². The number of allylic oxidation sites excluding steroid dienone is 3. The third kappa shape index (κ3) is 3.57. The predicted octanol–water partition coefficient (Wildman–Crippen LogP) is 8.91. The summed E-state index contributed by atoms with van der Waals surface area (Å²) in [5.74, 6) is 1.37. The Morgan fingerprint density at radius 1 is 0.566 bits per heavy atom. The van der Waals surface area contributed by atoms with E-state index in [0.29, 0.717) is 11.5 Å². The van der Waals surface area contributed by atoms with Crippen molar-refractivity contribution in [3.63, 3.8) is 0 Å². The number of rotatable bonds is 0. The fourth-order valence-electron chi connectivity index (χ4n) is 9.97. The van der Waals surface area contributed by atoms with Crippen molar-refractivity contribution in [2.75, 3.05) is 0 Å². The van der Waals surface area contributed by atoms with Gasteiger partial charge in [-0.15, -0.1) is 0 Å². The molecule has 0 aromatic heterocycles. The molecule has 5 aromatic rings. The summed E-state index contributed by atoms with van der Waals surface area (Å²) in [6, 6.07) is 47.5. The minimum absolute atomic E-state index is 0.376. The minimum atomic E-state index is -0.790. The van der Waals surface area contributed by atoms with Gasteiger partial charge in [-0.1, -0.05) is 0 Å². The van der Waals surface area contributed by atoms with Crippen LogP contribution in [0.5, 0.6) is 11.5 Å². The maximum atomic E-state index is 6.85. The van der Waals surface area contributed by atoms with Crippen LogP contribution in [0.1, 0.15) is 60.1 Å². The maximum absolute atomic E-state index is 6.85. The summed E-state index contributed by atoms with van der Waals surface area (Å²) in [5, 5.41) is 0. The monoisotopic (exact) mass is 865 g/mol. The van der Waals surface area contributed by atoms with Gasteiger partial charge in [0.25, 0.3) is 0 Å². The van der Waals surface area contributed by atoms with Crippen LogP contribution in [0.15, 0.2) is 152 Å². The Labute approximate surface area is 317 Å². The fraction of sp³-hybridized carbons (Fsp3) is 0.149. The van der Waals surface area contributed by atoms with Gasteiger partial charge in [0.1, 0.15) is 0 Å². The zero-order valence-corrected chi connectivity index (χ0v) is 31.6. The van der Waals surface area contributed by atoms with Gasteiger partial charge in [0.15, 0.2) is 0 Å². The van der Waals surface area contributed by atoms with Gasteiger partial charge in [0, 0.05) is 0 Å². The van der Waals surface area contributed by atoms with Crippen LogP contribution in [0.2, 0.25) is 0 Å². The number of nitrogens with zero attached hydrogens (tertiary/aromatic N) is 4. The van der Waals surface area contributed by atoms with Crippen molar-refractivity contribution in [3.8, 4) is 22.6 Å². The topological polar surface area (TPSA) is 22.2 Å². The van der Waals surface area contributed by atoms with E-state index >= 15 is 0 Å². The van der Waals surface area contributed by atoms with Crippen molar-refractivity contribution < 1.29 is 22.4 Å². The molecule has 0 saturated carbocycles. The summed E-state index contributed by atoms with van der Waals surface area (Å²) >= 11 is -0.790. The first-order valence-electron chi connectivity index (χ1n) is 18.3. The van der Waals surface area contributed by atoms with Gasteiger partial charge >= 0.3 is 319 Å². The van der Waals surface area contributed by atoms with E-state index in [1.165, 1.54) is 52.8 Å². The van der Waals surface area contributed by atoms with Crippen molar-refractivity contribution in [2.24, 2.45) is 0 Å². The summed E-state index contributed by atoms with van der Waals surface area (Å²) < 4.78 is 9.55. The Hall–Kier alpha value is -5.51. The summed E-state index contributed by atoms with van der Waals surface area (Å²) in [6.07, 6.45) is 16.0. The number of benzene rings is 5. The van der Waals surface area contributed by atoms with E-state index in [2.05, 4.69) is 180 Å². The number of hydrogen-bond donors (Lipinski definition) is 0. The normalized spacial score (nSPS) is 22.8. The first-order valence-corrected chi connectivity index (χ1v) is 20.6. The molecule has 1 atom stereocenters. The molecule has 1 unspecified atom stereocenters. The van der Waals surface area contributed by atoms with Crippen LogP contribution < -0.4 is 4.74 Å². The molecule has 0 amide bonds. The van der Waals surface area contributed by atoms with Crippen molar-refractivity contribution in [1.82, 2.24) is 19.6 Å². The van der Waals surface area contributed by atoms with E-state index < -0.39 is 28.7 Å². The summed E-state index contributed by atoms with van der Waals surface area (Å²) in [7, 11) is 0. The standard InChI is InChI=1S/C47H34N4O.Pt/c1-45(2)48-25-27-50(31-48)46(41-21-7-3-17-37(41)38-18-4-8-22-42(38)46)33-13-11-15-35(29-33)52-36-16-12-14-34(30-36)47(51-28-26-49(45)32-51)43-23-9-5-19-39(43)40-20-6-10-24-44(40)47;/h3-9,11-23,25-28H,10,24H2,1-2H3;/q-2;. The SMILES string of the molecule is CC1(C)N2C=CN3[C]2=[Pt]=[C]2N(C=CN21)C1(c2[c-]c(ccc2)Oc2[c-]c(ccc2)C32C3=C(C=CCC3)c3ccccc32)c2ccccc2-c2ccccc21. The number of fused-ring (bicyclic) bond motifs is 17. The van der Waals surface area contributed by atoms with Crippen molar-refractivity contribution in [2.45, 2.75) is 43.4 Å². The summed E-state index contributed by atoms with van der Waals surface area (Å²) in [4.78, 5) is 10.3. The van der Waals surface area contributed by atoms with E-state index in [9.17, 15) is 0 Å². The molecule has 53 heavy (non-hydrogen) atoms. The molecule has 0 radical (unpaired) electrons. The van der Waals surface area contributed by atoms with E-state index in [1.807, 2.05) is 12.1 Å². The van der Waals surface area contributed by atoms with Crippen LogP contribution in [-0.2, 0) is 28.7 Å². The number of hydrogen-bond acceptors (Lipinski definition) is 5. The van der Waals surface area contributed by atoms with Gasteiger partial charge < -0.3 is 0 Å². The Balaban J connectivity index is 1.24. The van der Waals surface area contributed by atoms with Gasteiger partial charge in [0.05, 0.1) is 0 Å². The van der Waals surface area contributed by atoms with Crippen molar-refractivity contribution >= 4 is 13.9 Å². The van der Waals surface area contributed by atoms with Crippen LogP contribution in [0, 0.1) is 12.1 Å². The second-order valence-electron chi connectivity index (χ2n) is 15.0. The molecule has 6 bridgehead atoms. The molecular formula is C47H34N4OPt-2. The van der Waals surface area contributed by atoms with Gasteiger partial charge in [-0.05, 0) is 0 Å². The molecule has 4 heterocycles. The Morgan fingerprint density at radius 2 is 1.08 bits per heavy atom. The zero-order chi connectivity index (χ0) is 35.1. The Kier molecular flexibility index (Phi) is 5.85. The predicted molar refractivity (Wildman–Crippen MR) is 205 cm³/mol. The molecule has 12 rings (SSSR count). The zero-order valence-electron chi connectivity index (χ0n) is 29.3. The third-order valence-corrected chi connectivity index (χ3v) is 15.4. The second kappa shape index (κ2) is 10.3. The van der Waals surface area contributed by atoms with Crippen LogP contribution in [-0.4, -0.2) is 33.6 Å².